The van der Waals surface area contributed by atoms with Crippen LogP contribution in [-0.4, -0.2) is 75.8 Å². The third kappa shape index (κ3) is 9.74. The molecular weight excluding hydrogens is 524 g/mol. The Morgan fingerprint density at radius 3 is 2.48 bits per heavy atom. The minimum Gasteiger partial charge on any atom is -0.456 e. The highest BCUT2D eigenvalue weighted by atomic mass is 16.5. The molecule has 0 bridgehead atoms. The fourth-order valence-electron chi connectivity index (χ4n) is 4.15. The van der Waals surface area contributed by atoms with Gasteiger partial charge in [-0.05, 0) is 31.6 Å². The van der Waals surface area contributed by atoms with Crippen LogP contribution in [0.2, 0.25) is 0 Å². The largest absolute Gasteiger partial charge is 0.456 e. The lowest BCUT2D eigenvalue weighted by molar-refractivity contribution is -0.150. The summed E-state index contributed by atoms with van der Waals surface area (Å²) in [4.78, 5) is 88.4. The smallest absolute Gasteiger partial charge is 0.328 e. The first kappa shape index (κ1) is 32.4. The number of Topliss-reactive ketones (excluding diaryl/α,β-unsaturated/α-hetero) is 1. The molecule has 0 saturated carbocycles. The van der Waals surface area contributed by atoms with Gasteiger partial charge in [-0.3, -0.25) is 43.3 Å². The number of amides is 3. The molecular formula is C26H40N6O8. The summed E-state index contributed by atoms with van der Waals surface area (Å²) in [5, 5.41) is 6.64. The van der Waals surface area contributed by atoms with E-state index in [1.165, 1.54) is 18.1 Å². The van der Waals surface area contributed by atoms with Crippen LogP contribution in [0.5, 0.6) is 0 Å². The quantitative estimate of drug-likeness (QED) is 0.221. The summed E-state index contributed by atoms with van der Waals surface area (Å²) in [5.74, 6) is -2.63. The highest BCUT2D eigenvalue weighted by Crippen LogP contribution is 2.14. The highest BCUT2D eigenvalue weighted by Gasteiger charge is 2.35. The van der Waals surface area contributed by atoms with Gasteiger partial charge in [0.1, 0.15) is 12.6 Å². The number of hydrogen-bond acceptors (Lipinski definition) is 9. The molecule has 40 heavy (non-hydrogen) atoms. The predicted molar refractivity (Wildman–Crippen MR) is 144 cm³/mol. The van der Waals surface area contributed by atoms with E-state index in [-0.39, 0.29) is 42.2 Å². The van der Waals surface area contributed by atoms with Crippen LogP contribution < -0.4 is 27.3 Å². The molecule has 1 aromatic heterocycles. The normalized spacial score (nSPS) is 16.0. The number of hydrazine groups is 1. The van der Waals surface area contributed by atoms with Crippen molar-refractivity contribution >= 4 is 29.5 Å². The fraction of sp³-hybridized carbons (Fsp3) is 0.654. The first-order valence-electron chi connectivity index (χ1n) is 13.4. The molecule has 3 amide bonds. The Bertz CT molecular complexity index is 1200. The van der Waals surface area contributed by atoms with E-state index in [0.29, 0.717) is 25.8 Å². The SMILES string of the molecule is Cc1cn(CC(=O)OCC(=O)[C@@H](NC(=O)[C@@H]2CCCNN2C(=O)CCNC(=O)CC(C)C)C(C)C)c(=O)[nH]c1=O. The Balaban J connectivity index is 1.95. The summed E-state index contributed by atoms with van der Waals surface area (Å²) in [6.45, 7) is 8.24. The summed E-state index contributed by atoms with van der Waals surface area (Å²) in [6.07, 6.45) is 2.58. The Morgan fingerprint density at radius 2 is 1.82 bits per heavy atom. The molecule has 0 radical (unpaired) electrons. The van der Waals surface area contributed by atoms with Crippen molar-refractivity contribution in [1.29, 1.82) is 0 Å². The summed E-state index contributed by atoms with van der Waals surface area (Å²) < 4.78 is 6.00. The minimum absolute atomic E-state index is 0.00101. The average Bonchev–Trinajstić information content (AvgIpc) is 2.88. The van der Waals surface area contributed by atoms with Crippen molar-refractivity contribution in [1.82, 2.24) is 30.6 Å². The number of aromatic amines is 1. The molecule has 0 unspecified atom stereocenters. The lowest BCUT2D eigenvalue weighted by atomic mass is 9.98. The molecule has 14 heteroatoms. The van der Waals surface area contributed by atoms with E-state index in [4.69, 9.17) is 4.74 Å². The van der Waals surface area contributed by atoms with Gasteiger partial charge in [-0.25, -0.2) is 10.2 Å². The van der Waals surface area contributed by atoms with Crippen molar-refractivity contribution in [2.45, 2.75) is 78.9 Å². The zero-order valence-electron chi connectivity index (χ0n) is 23.7. The molecule has 2 atom stereocenters. The van der Waals surface area contributed by atoms with Crippen LogP contribution in [0.1, 0.15) is 58.9 Å². The van der Waals surface area contributed by atoms with Crippen LogP contribution in [0, 0.1) is 18.8 Å². The molecule has 1 aliphatic rings. The third-order valence-corrected chi connectivity index (χ3v) is 6.25. The van der Waals surface area contributed by atoms with E-state index < -0.39 is 54.1 Å². The van der Waals surface area contributed by atoms with Crippen molar-refractivity contribution in [3.05, 3.63) is 32.6 Å². The number of esters is 1. The first-order valence-corrected chi connectivity index (χ1v) is 13.4. The Kier molecular flexibility index (Phi) is 12.2. The number of H-pyrrole nitrogens is 1. The van der Waals surface area contributed by atoms with Crippen molar-refractivity contribution < 1.29 is 28.7 Å². The topological polar surface area (TPSA) is 189 Å². The Labute approximate surface area is 232 Å². The minimum atomic E-state index is -0.993. The van der Waals surface area contributed by atoms with E-state index >= 15 is 0 Å². The van der Waals surface area contributed by atoms with Gasteiger partial charge >= 0.3 is 11.7 Å². The lowest BCUT2D eigenvalue weighted by Gasteiger charge is -2.36. The zero-order valence-corrected chi connectivity index (χ0v) is 23.7. The van der Waals surface area contributed by atoms with Crippen LogP contribution in [0.4, 0.5) is 0 Å². The molecule has 1 aromatic rings. The standard InChI is InChI=1S/C26H40N6O8/c1-15(2)11-20(34)27-10-8-21(35)32-18(7-6-9-28-32)25(38)29-23(16(3)4)19(33)14-40-22(36)13-31-12-17(5)24(37)30-26(31)39/h12,15-16,18,23,28H,6-11,13-14H2,1-5H3,(H,27,34)(H,29,38)(H,30,37,39)/t18-,23-/m0/s1. The number of nitrogens with zero attached hydrogens (tertiary/aromatic N) is 2. The van der Waals surface area contributed by atoms with Gasteiger partial charge in [0.15, 0.2) is 12.4 Å². The van der Waals surface area contributed by atoms with Gasteiger partial charge in [0.25, 0.3) is 5.56 Å². The summed E-state index contributed by atoms with van der Waals surface area (Å²) in [5.41, 5.74) is 1.81. The molecule has 1 aliphatic heterocycles. The first-order chi connectivity index (χ1) is 18.8. The van der Waals surface area contributed by atoms with E-state index in [9.17, 15) is 33.6 Å². The van der Waals surface area contributed by atoms with E-state index in [1.54, 1.807) is 13.8 Å². The van der Waals surface area contributed by atoms with Crippen molar-refractivity contribution in [3.63, 3.8) is 0 Å². The van der Waals surface area contributed by atoms with Gasteiger partial charge in [0.05, 0.1) is 6.04 Å². The second-order valence-electron chi connectivity index (χ2n) is 10.6. The molecule has 0 aromatic carbocycles. The highest BCUT2D eigenvalue weighted by molar-refractivity contribution is 5.94. The monoisotopic (exact) mass is 564 g/mol. The Morgan fingerprint density at radius 1 is 1.12 bits per heavy atom. The predicted octanol–water partition coefficient (Wildman–Crippen LogP) is -0.854. The van der Waals surface area contributed by atoms with Crippen molar-refractivity contribution in [3.8, 4) is 0 Å². The number of carbonyl (C=O) groups excluding carboxylic acids is 5. The number of nitrogens with one attached hydrogen (secondary N) is 4. The van der Waals surface area contributed by atoms with Crippen molar-refractivity contribution in [2.75, 3.05) is 19.7 Å². The van der Waals surface area contributed by atoms with Crippen LogP contribution >= 0.6 is 0 Å². The van der Waals surface area contributed by atoms with Gasteiger partial charge in [-0.2, -0.15) is 0 Å². The number of rotatable bonds is 13. The van der Waals surface area contributed by atoms with Crippen LogP contribution in [0.3, 0.4) is 0 Å². The number of aryl methyl sites for hydroxylation is 1. The molecule has 0 spiro atoms. The van der Waals surface area contributed by atoms with Crippen LogP contribution in [-0.2, 0) is 35.3 Å². The molecule has 4 N–H and O–H groups in total. The van der Waals surface area contributed by atoms with E-state index in [0.717, 1.165) is 4.57 Å². The maximum Gasteiger partial charge on any atom is 0.328 e. The van der Waals surface area contributed by atoms with Gasteiger partial charge < -0.3 is 15.4 Å². The maximum atomic E-state index is 13.2. The third-order valence-electron chi connectivity index (χ3n) is 6.25. The molecule has 2 rings (SSSR count). The summed E-state index contributed by atoms with van der Waals surface area (Å²) in [7, 11) is 0. The molecule has 222 valence electrons. The summed E-state index contributed by atoms with van der Waals surface area (Å²) in [6, 6.07) is -1.85. The maximum absolute atomic E-state index is 13.2. The average molecular weight is 565 g/mol. The second kappa shape index (κ2) is 15.1. The number of aromatic nitrogens is 2. The zero-order chi connectivity index (χ0) is 30.0. The van der Waals surface area contributed by atoms with E-state index in [2.05, 4.69) is 21.0 Å². The van der Waals surface area contributed by atoms with Crippen LogP contribution in [0.25, 0.3) is 0 Å². The molecule has 0 aliphatic carbocycles. The molecule has 1 fully saturated rings. The number of carbonyl (C=O) groups is 5. The molecule has 1 saturated heterocycles. The van der Waals surface area contributed by atoms with Crippen molar-refractivity contribution in [2.24, 2.45) is 11.8 Å². The van der Waals surface area contributed by atoms with Gasteiger partial charge in [-0.1, -0.05) is 27.7 Å². The molecule has 2 heterocycles. The fourth-order valence-corrected chi connectivity index (χ4v) is 4.15. The number of ether oxygens (including phenoxy) is 1. The number of hydrogen-bond donors (Lipinski definition) is 4. The molecule has 14 nitrogen and oxygen atoms in total. The van der Waals surface area contributed by atoms with Gasteiger partial charge in [-0.15, -0.1) is 0 Å². The summed E-state index contributed by atoms with van der Waals surface area (Å²) >= 11 is 0. The van der Waals surface area contributed by atoms with Gasteiger partial charge in [0.2, 0.25) is 17.7 Å². The van der Waals surface area contributed by atoms with Gasteiger partial charge in [0, 0.05) is 37.7 Å². The Hall–Kier alpha value is -3.81. The van der Waals surface area contributed by atoms with E-state index in [1.807, 2.05) is 13.8 Å². The number of ketones is 1. The second-order valence-corrected chi connectivity index (χ2v) is 10.6. The van der Waals surface area contributed by atoms with Crippen LogP contribution in [0.15, 0.2) is 15.8 Å². The lowest BCUT2D eigenvalue weighted by Crippen LogP contribution is -2.61.